The first-order valence-corrected chi connectivity index (χ1v) is 3.29. The summed E-state index contributed by atoms with van der Waals surface area (Å²) in [6, 6.07) is 1.80. The summed E-state index contributed by atoms with van der Waals surface area (Å²) in [7, 11) is 0. The first-order valence-electron chi connectivity index (χ1n) is 3.29. The summed E-state index contributed by atoms with van der Waals surface area (Å²) in [4.78, 5) is 10.9. The molecule has 54 valence electrons. The maximum absolute atomic E-state index is 10.9. The highest BCUT2D eigenvalue weighted by molar-refractivity contribution is 5.10. The number of hydrogen-bond donors (Lipinski definition) is 1. The molecule has 1 heterocycles. The van der Waals surface area contributed by atoms with E-state index < -0.39 is 0 Å². The zero-order valence-electron chi connectivity index (χ0n) is 6.14. The lowest BCUT2D eigenvalue weighted by Gasteiger charge is -1.93. The topological polar surface area (TPSA) is 45.8 Å². The van der Waals surface area contributed by atoms with Gasteiger partial charge in [0, 0.05) is 5.56 Å². The zero-order chi connectivity index (χ0) is 7.56. The lowest BCUT2D eigenvalue weighted by molar-refractivity contribution is 0.905. The highest BCUT2D eigenvalue weighted by atomic mass is 16.1. The number of aromatic nitrogens is 2. The SMILES string of the molecule is CCc1cc(C)n[nH]c1=O. The van der Waals surface area contributed by atoms with Gasteiger partial charge < -0.3 is 0 Å². The van der Waals surface area contributed by atoms with E-state index in [1.54, 1.807) is 6.07 Å². The van der Waals surface area contributed by atoms with Crippen LogP contribution in [0.15, 0.2) is 10.9 Å². The summed E-state index contributed by atoms with van der Waals surface area (Å²) >= 11 is 0. The van der Waals surface area contributed by atoms with Crippen LogP contribution < -0.4 is 5.56 Å². The van der Waals surface area contributed by atoms with Gasteiger partial charge in [0.15, 0.2) is 0 Å². The van der Waals surface area contributed by atoms with Crippen LogP contribution >= 0.6 is 0 Å². The molecule has 0 atom stereocenters. The molecule has 0 radical (unpaired) electrons. The summed E-state index contributed by atoms with van der Waals surface area (Å²) in [5.41, 5.74) is 1.58. The Balaban J connectivity index is 3.22. The fourth-order valence-electron chi connectivity index (χ4n) is 0.823. The van der Waals surface area contributed by atoms with E-state index in [1.165, 1.54) is 0 Å². The number of hydrogen-bond acceptors (Lipinski definition) is 2. The van der Waals surface area contributed by atoms with Crippen LogP contribution in [-0.4, -0.2) is 10.2 Å². The molecule has 0 saturated carbocycles. The predicted octanol–water partition coefficient (Wildman–Crippen LogP) is 0.641. The van der Waals surface area contributed by atoms with Crippen molar-refractivity contribution < 1.29 is 0 Å². The van der Waals surface area contributed by atoms with Crippen LogP contribution in [0.2, 0.25) is 0 Å². The van der Waals surface area contributed by atoms with E-state index in [0.717, 1.165) is 17.7 Å². The summed E-state index contributed by atoms with van der Waals surface area (Å²) in [5.74, 6) is 0. The molecule has 1 N–H and O–H groups in total. The molecule has 1 rings (SSSR count). The van der Waals surface area contributed by atoms with Gasteiger partial charge in [0.05, 0.1) is 5.69 Å². The van der Waals surface area contributed by atoms with Crippen molar-refractivity contribution in [1.29, 1.82) is 0 Å². The third-order valence-corrected chi connectivity index (χ3v) is 1.39. The molecule has 10 heavy (non-hydrogen) atoms. The van der Waals surface area contributed by atoms with Crippen LogP contribution in [-0.2, 0) is 6.42 Å². The van der Waals surface area contributed by atoms with Crippen molar-refractivity contribution in [3.63, 3.8) is 0 Å². The lowest BCUT2D eigenvalue weighted by atomic mass is 10.2. The minimum Gasteiger partial charge on any atom is -0.268 e. The fourth-order valence-corrected chi connectivity index (χ4v) is 0.823. The van der Waals surface area contributed by atoms with E-state index in [0.29, 0.717) is 0 Å². The van der Waals surface area contributed by atoms with Gasteiger partial charge in [-0.15, -0.1) is 0 Å². The maximum Gasteiger partial charge on any atom is 0.267 e. The van der Waals surface area contributed by atoms with Crippen LogP contribution in [0.5, 0.6) is 0 Å². The molecule has 0 aromatic carbocycles. The van der Waals surface area contributed by atoms with E-state index >= 15 is 0 Å². The van der Waals surface area contributed by atoms with Gasteiger partial charge in [-0.1, -0.05) is 6.92 Å². The molecule has 3 nitrogen and oxygen atoms in total. The number of aromatic amines is 1. The zero-order valence-corrected chi connectivity index (χ0v) is 6.14. The monoisotopic (exact) mass is 138 g/mol. The van der Waals surface area contributed by atoms with Crippen molar-refractivity contribution in [3.05, 3.63) is 27.7 Å². The molecule has 1 aromatic heterocycles. The summed E-state index contributed by atoms with van der Waals surface area (Å²) in [6.07, 6.45) is 0.763. The van der Waals surface area contributed by atoms with Crippen LogP contribution in [0.4, 0.5) is 0 Å². The van der Waals surface area contributed by atoms with Crippen molar-refractivity contribution in [3.8, 4) is 0 Å². The molecule has 0 saturated heterocycles. The number of rotatable bonds is 1. The van der Waals surface area contributed by atoms with Gasteiger partial charge in [0.1, 0.15) is 0 Å². The Bertz CT molecular complexity index is 277. The van der Waals surface area contributed by atoms with Crippen molar-refractivity contribution in [2.45, 2.75) is 20.3 Å². The molecule has 0 fully saturated rings. The number of H-pyrrole nitrogens is 1. The molecule has 0 aliphatic rings. The van der Waals surface area contributed by atoms with E-state index in [1.807, 2.05) is 13.8 Å². The summed E-state index contributed by atoms with van der Waals surface area (Å²) < 4.78 is 0. The summed E-state index contributed by atoms with van der Waals surface area (Å²) in [5, 5.41) is 6.16. The molecule has 1 aromatic rings. The second-order valence-electron chi connectivity index (χ2n) is 2.22. The minimum atomic E-state index is -0.0758. The van der Waals surface area contributed by atoms with Gasteiger partial charge in [-0.05, 0) is 19.4 Å². The normalized spacial score (nSPS) is 9.80. The Morgan fingerprint density at radius 3 is 2.90 bits per heavy atom. The number of nitrogens with zero attached hydrogens (tertiary/aromatic N) is 1. The van der Waals surface area contributed by atoms with Gasteiger partial charge in [-0.25, -0.2) is 5.10 Å². The molecule has 3 heteroatoms. The molecule has 0 bridgehead atoms. The van der Waals surface area contributed by atoms with Crippen LogP contribution in [0.1, 0.15) is 18.2 Å². The average molecular weight is 138 g/mol. The molecule has 0 aliphatic heterocycles. The first kappa shape index (κ1) is 6.99. The van der Waals surface area contributed by atoms with E-state index in [4.69, 9.17) is 0 Å². The lowest BCUT2D eigenvalue weighted by Crippen LogP contribution is -2.13. The van der Waals surface area contributed by atoms with Crippen molar-refractivity contribution >= 4 is 0 Å². The highest BCUT2D eigenvalue weighted by Gasteiger charge is 1.95. The van der Waals surface area contributed by atoms with Crippen molar-refractivity contribution in [1.82, 2.24) is 10.2 Å². The third-order valence-electron chi connectivity index (χ3n) is 1.39. The molecular formula is C7H10N2O. The van der Waals surface area contributed by atoms with Crippen LogP contribution in [0, 0.1) is 6.92 Å². The second-order valence-corrected chi connectivity index (χ2v) is 2.22. The van der Waals surface area contributed by atoms with Crippen LogP contribution in [0.25, 0.3) is 0 Å². The molecule has 0 amide bonds. The number of aryl methyl sites for hydroxylation is 2. The van der Waals surface area contributed by atoms with Gasteiger partial charge in [-0.3, -0.25) is 4.79 Å². The highest BCUT2D eigenvalue weighted by Crippen LogP contribution is 1.92. The van der Waals surface area contributed by atoms with Gasteiger partial charge in [-0.2, -0.15) is 5.10 Å². The van der Waals surface area contributed by atoms with Crippen molar-refractivity contribution in [2.75, 3.05) is 0 Å². The Labute approximate surface area is 59.1 Å². The second kappa shape index (κ2) is 2.64. The van der Waals surface area contributed by atoms with Gasteiger partial charge in [0.2, 0.25) is 0 Å². The molecule has 0 aliphatic carbocycles. The predicted molar refractivity (Wildman–Crippen MR) is 39.0 cm³/mol. The third kappa shape index (κ3) is 1.23. The first-order chi connectivity index (χ1) is 4.74. The maximum atomic E-state index is 10.9. The minimum absolute atomic E-state index is 0.0758. The van der Waals surface area contributed by atoms with E-state index in [2.05, 4.69) is 10.2 Å². The van der Waals surface area contributed by atoms with Crippen LogP contribution in [0.3, 0.4) is 0 Å². The molecule has 0 spiro atoms. The Morgan fingerprint density at radius 2 is 2.40 bits per heavy atom. The van der Waals surface area contributed by atoms with Crippen molar-refractivity contribution in [2.24, 2.45) is 0 Å². The Hall–Kier alpha value is -1.12. The molecular weight excluding hydrogens is 128 g/mol. The smallest absolute Gasteiger partial charge is 0.267 e. The Morgan fingerprint density at radius 1 is 1.70 bits per heavy atom. The van der Waals surface area contributed by atoms with Gasteiger partial charge in [0.25, 0.3) is 5.56 Å². The standard InChI is InChI=1S/C7H10N2O/c1-3-6-4-5(2)8-9-7(6)10/h4H,3H2,1-2H3,(H,9,10). The molecule has 0 unspecified atom stereocenters. The number of nitrogens with one attached hydrogen (secondary N) is 1. The Kier molecular flexibility index (Phi) is 1.85. The largest absolute Gasteiger partial charge is 0.268 e. The fraction of sp³-hybridized carbons (Fsp3) is 0.429. The van der Waals surface area contributed by atoms with E-state index in [9.17, 15) is 4.79 Å². The van der Waals surface area contributed by atoms with E-state index in [-0.39, 0.29) is 5.56 Å². The average Bonchev–Trinajstić information content (AvgIpc) is 1.94. The quantitative estimate of drug-likeness (QED) is 0.619. The van der Waals surface area contributed by atoms with Gasteiger partial charge >= 0.3 is 0 Å². The summed E-state index contributed by atoms with van der Waals surface area (Å²) in [6.45, 7) is 3.80.